The summed E-state index contributed by atoms with van der Waals surface area (Å²) in [6.45, 7) is 0. The van der Waals surface area contributed by atoms with Gasteiger partial charge in [0.15, 0.2) is 0 Å². The number of halogens is 1. The van der Waals surface area contributed by atoms with E-state index in [1.165, 1.54) is 7.11 Å². The van der Waals surface area contributed by atoms with Crippen LogP contribution in [0.15, 0.2) is 51.8 Å². The van der Waals surface area contributed by atoms with Crippen molar-refractivity contribution in [1.82, 2.24) is 0 Å². The first kappa shape index (κ1) is 14.9. The molecule has 0 aromatic heterocycles. The Balaban J connectivity index is 2.19. The number of nitrogen functional groups attached to an aromatic ring is 1. The van der Waals surface area contributed by atoms with E-state index < -0.39 is 0 Å². The molecule has 0 fully saturated rings. The van der Waals surface area contributed by atoms with Gasteiger partial charge in [-0.05, 0) is 29.8 Å². The van der Waals surface area contributed by atoms with Gasteiger partial charge in [-0.2, -0.15) is 0 Å². The highest BCUT2D eigenvalue weighted by atomic mass is 79.9. The van der Waals surface area contributed by atoms with E-state index in [1.54, 1.807) is 17.8 Å². The second-order valence-electron chi connectivity index (χ2n) is 4.12. The first-order valence-electron chi connectivity index (χ1n) is 5.96. The van der Waals surface area contributed by atoms with Crippen LogP contribution in [0.4, 0.5) is 5.69 Å². The minimum absolute atomic E-state index is 0.316. The Kier molecular flexibility index (Phi) is 5.09. The maximum absolute atomic E-state index is 11.7. The van der Waals surface area contributed by atoms with Gasteiger partial charge in [-0.3, -0.25) is 0 Å². The van der Waals surface area contributed by atoms with E-state index in [-0.39, 0.29) is 5.97 Å². The van der Waals surface area contributed by atoms with Crippen LogP contribution in [0.5, 0.6) is 0 Å². The van der Waals surface area contributed by atoms with E-state index in [0.717, 1.165) is 20.6 Å². The standard InChI is InChI=1S/C15H14BrNO2S/c1-19-15(18)12-5-3-2-4-10(12)9-20-14-8-11(16)6-7-13(14)17/h2-8H,9,17H2,1H3. The summed E-state index contributed by atoms with van der Waals surface area (Å²) < 4.78 is 5.77. The number of thioether (sulfide) groups is 1. The fourth-order valence-corrected chi connectivity index (χ4v) is 3.26. The molecular weight excluding hydrogens is 338 g/mol. The van der Waals surface area contributed by atoms with Crippen LogP contribution in [0.1, 0.15) is 15.9 Å². The number of benzene rings is 2. The van der Waals surface area contributed by atoms with E-state index in [9.17, 15) is 4.79 Å². The fraction of sp³-hybridized carbons (Fsp3) is 0.133. The number of anilines is 1. The van der Waals surface area contributed by atoms with E-state index >= 15 is 0 Å². The predicted octanol–water partition coefficient (Wildman–Crippen LogP) is 4.11. The zero-order valence-corrected chi connectivity index (χ0v) is 13.3. The molecule has 3 nitrogen and oxygen atoms in total. The maximum Gasteiger partial charge on any atom is 0.338 e. The molecule has 0 saturated heterocycles. The highest BCUT2D eigenvalue weighted by Gasteiger charge is 2.11. The lowest BCUT2D eigenvalue weighted by molar-refractivity contribution is 0.0600. The Morgan fingerprint density at radius 1 is 1.30 bits per heavy atom. The van der Waals surface area contributed by atoms with Gasteiger partial charge in [0, 0.05) is 20.8 Å². The van der Waals surface area contributed by atoms with Crippen molar-refractivity contribution in [3.63, 3.8) is 0 Å². The Morgan fingerprint density at radius 3 is 2.80 bits per heavy atom. The fourth-order valence-electron chi connectivity index (χ4n) is 1.74. The molecule has 0 bridgehead atoms. The smallest absolute Gasteiger partial charge is 0.338 e. The Morgan fingerprint density at radius 2 is 2.05 bits per heavy atom. The maximum atomic E-state index is 11.7. The van der Waals surface area contributed by atoms with Crippen molar-refractivity contribution in [2.75, 3.05) is 12.8 Å². The molecule has 0 aliphatic rings. The van der Waals surface area contributed by atoms with Crippen LogP contribution in [0, 0.1) is 0 Å². The first-order valence-corrected chi connectivity index (χ1v) is 7.73. The Labute approximate surface area is 130 Å². The van der Waals surface area contributed by atoms with Crippen molar-refractivity contribution >= 4 is 39.3 Å². The van der Waals surface area contributed by atoms with Gasteiger partial charge in [-0.15, -0.1) is 11.8 Å². The number of carbonyl (C=O) groups excluding carboxylic acids is 1. The van der Waals surface area contributed by atoms with Gasteiger partial charge in [0.05, 0.1) is 12.7 Å². The van der Waals surface area contributed by atoms with E-state index in [1.807, 2.05) is 36.4 Å². The first-order chi connectivity index (χ1) is 9.61. The van der Waals surface area contributed by atoms with E-state index in [0.29, 0.717) is 11.3 Å². The van der Waals surface area contributed by atoms with Crippen LogP contribution in [0.3, 0.4) is 0 Å². The van der Waals surface area contributed by atoms with Crippen molar-refractivity contribution in [3.05, 3.63) is 58.1 Å². The number of esters is 1. The topological polar surface area (TPSA) is 52.3 Å². The number of hydrogen-bond donors (Lipinski definition) is 1. The van der Waals surface area contributed by atoms with E-state index in [2.05, 4.69) is 15.9 Å². The molecular formula is C15H14BrNO2S. The summed E-state index contributed by atoms with van der Waals surface area (Å²) in [6.07, 6.45) is 0. The van der Waals surface area contributed by atoms with Crippen LogP contribution < -0.4 is 5.73 Å². The van der Waals surface area contributed by atoms with Gasteiger partial charge in [0.2, 0.25) is 0 Å². The molecule has 5 heteroatoms. The number of carbonyl (C=O) groups is 1. The molecule has 2 aromatic carbocycles. The molecule has 0 aliphatic heterocycles. The summed E-state index contributed by atoms with van der Waals surface area (Å²) in [5.74, 6) is 0.342. The monoisotopic (exact) mass is 351 g/mol. The summed E-state index contributed by atoms with van der Waals surface area (Å²) in [5.41, 5.74) is 8.20. The highest BCUT2D eigenvalue weighted by molar-refractivity contribution is 9.10. The lowest BCUT2D eigenvalue weighted by Crippen LogP contribution is -2.04. The summed E-state index contributed by atoms with van der Waals surface area (Å²) in [7, 11) is 1.39. The molecule has 2 N–H and O–H groups in total. The van der Waals surface area contributed by atoms with Crippen molar-refractivity contribution in [2.24, 2.45) is 0 Å². The third-order valence-electron chi connectivity index (χ3n) is 2.78. The van der Waals surface area contributed by atoms with Gasteiger partial charge < -0.3 is 10.5 Å². The quantitative estimate of drug-likeness (QED) is 0.511. The second-order valence-corrected chi connectivity index (χ2v) is 6.05. The van der Waals surface area contributed by atoms with Crippen LogP contribution in [0.25, 0.3) is 0 Å². The third kappa shape index (κ3) is 3.55. The second kappa shape index (κ2) is 6.81. The van der Waals surface area contributed by atoms with Crippen molar-refractivity contribution < 1.29 is 9.53 Å². The molecule has 0 radical (unpaired) electrons. The average Bonchev–Trinajstić information content (AvgIpc) is 2.47. The van der Waals surface area contributed by atoms with Gasteiger partial charge >= 0.3 is 5.97 Å². The van der Waals surface area contributed by atoms with Crippen LogP contribution >= 0.6 is 27.7 Å². The molecule has 0 aliphatic carbocycles. The third-order valence-corrected chi connectivity index (χ3v) is 4.39. The summed E-state index contributed by atoms with van der Waals surface area (Å²) in [6, 6.07) is 13.2. The van der Waals surface area contributed by atoms with Gasteiger partial charge in [0.25, 0.3) is 0 Å². The van der Waals surface area contributed by atoms with Crippen LogP contribution in [0.2, 0.25) is 0 Å². The summed E-state index contributed by atoms with van der Waals surface area (Å²) in [5, 5.41) is 0. The molecule has 0 saturated carbocycles. The Bertz CT molecular complexity index is 631. The molecule has 0 unspecified atom stereocenters. The normalized spacial score (nSPS) is 10.3. The summed E-state index contributed by atoms with van der Waals surface area (Å²) >= 11 is 5.02. The van der Waals surface area contributed by atoms with Crippen molar-refractivity contribution in [1.29, 1.82) is 0 Å². The minimum Gasteiger partial charge on any atom is -0.465 e. The van der Waals surface area contributed by atoms with Crippen molar-refractivity contribution in [2.45, 2.75) is 10.6 Å². The van der Waals surface area contributed by atoms with E-state index in [4.69, 9.17) is 10.5 Å². The number of nitrogens with two attached hydrogens (primary N) is 1. The van der Waals surface area contributed by atoms with Gasteiger partial charge in [0.1, 0.15) is 0 Å². The molecule has 104 valence electrons. The molecule has 2 aromatic rings. The lowest BCUT2D eigenvalue weighted by Gasteiger charge is -2.09. The molecule has 0 spiro atoms. The Hall–Kier alpha value is -1.46. The zero-order valence-electron chi connectivity index (χ0n) is 10.9. The molecule has 2 rings (SSSR count). The van der Waals surface area contributed by atoms with Crippen molar-refractivity contribution in [3.8, 4) is 0 Å². The summed E-state index contributed by atoms with van der Waals surface area (Å²) in [4.78, 5) is 12.7. The lowest BCUT2D eigenvalue weighted by atomic mass is 10.1. The number of ether oxygens (including phenoxy) is 1. The van der Waals surface area contributed by atoms with Crippen LogP contribution in [-0.4, -0.2) is 13.1 Å². The average molecular weight is 352 g/mol. The minimum atomic E-state index is -0.316. The van der Waals surface area contributed by atoms with Gasteiger partial charge in [-0.1, -0.05) is 34.1 Å². The highest BCUT2D eigenvalue weighted by Crippen LogP contribution is 2.31. The molecule has 0 atom stereocenters. The molecule has 0 amide bonds. The zero-order chi connectivity index (χ0) is 14.5. The van der Waals surface area contributed by atoms with Gasteiger partial charge in [-0.25, -0.2) is 4.79 Å². The number of rotatable bonds is 4. The molecule has 0 heterocycles. The largest absolute Gasteiger partial charge is 0.465 e. The van der Waals surface area contributed by atoms with Crippen LogP contribution in [-0.2, 0) is 10.5 Å². The number of methoxy groups -OCH3 is 1. The molecule has 20 heavy (non-hydrogen) atoms. The SMILES string of the molecule is COC(=O)c1ccccc1CSc1cc(Br)ccc1N. The predicted molar refractivity (Wildman–Crippen MR) is 85.9 cm³/mol. The number of hydrogen-bond acceptors (Lipinski definition) is 4.